The maximum absolute atomic E-state index is 9.85. The molecular formula is C15H24O. The number of rotatable bonds is 1. The van der Waals surface area contributed by atoms with Crippen molar-refractivity contribution in [1.29, 1.82) is 0 Å². The van der Waals surface area contributed by atoms with Gasteiger partial charge < -0.3 is 5.11 Å². The Bertz CT molecular complexity index is 334. The summed E-state index contributed by atoms with van der Waals surface area (Å²) < 4.78 is 0. The highest BCUT2D eigenvalue weighted by Gasteiger charge is 2.62. The first kappa shape index (κ1) is 10.8. The summed E-state index contributed by atoms with van der Waals surface area (Å²) in [5.41, 5.74) is 1.94. The van der Waals surface area contributed by atoms with Gasteiger partial charge in [0.2, 0.25) is 0 Å². The molecule has 90 valence electrons. The third kappa shape index (κ3) is 1.01. The second kappa shape index (κ2) is 3.13. The lowest BCUT2D eigenvalue weighted by Crippen LogP contribution is -2.46. The van der Waals surface area contributed by atoms with Crippen LogP contribution in [0.1, 0.15) is 46.0 Å². The molecule has 5 atom stereocenters. The van der Waals surface area contributed by atoms with Crippen molar-refractivity contribution in [2.24, 2.45) is 28.6 Å². The molecule has 0 amide bonds. The molecule has 0 aromatic carbocycles. The van der Waals surface area contributed by atoms with Gasteiger partial charge in [-0.2, -0.15) is 0 Å². The van der Waals surface area contributed by atoms with Gasteiger partial charge in [-0.3, -0.25) is 0 Å². The van der Waals surface area contributed by atoms with Crippen LogP contribution in [0.4, 0.5) is 0 Å². The van der Waals surface area contributed by atoms with Crippen LogP contribution in [0.25, 0.3) is 0 Å². The predicted octanol–water partition coefficient (Wildman–Crippen LogP) is 3.39. The van der Waals surface area contributed by atoms with Crippen molar-refractivity contribution in [3.8, 4) is 0 Å². The molecule has 3 saturated carbocycles. The summed E-state index contributed by atoms with van der Waals surface area (Å²) in [6, 6.07) is 0. The highest BCUT2D eigenvalue weighted by molar-refractivity contribution is 5.27. The van der Waals surface area contributed by atoms with Crippen LogP contribution in [0.3, 0.4) is 0 Å². The van der Waals surface area contributed by atoms with E-state index in [1.165, 1.54) is 37.7 Å². The van der Waals surface area contributed by atoms with Gasteiger partial charge in [0.1, 0.15) is 0 Å². The van der Waals surface area contributed by atoms with Crippen LogP contribution < -0.4 is 0 Å². The van der Waals surface area contributed by atoms with Gasteiger partial charge in [0.05, 0.1) is 6.61 Å². The van der Waals surface area contributed by atoms with Crippen molar-refractivity contribution in [2.45, 2.75) is 46.0 Å². The standard InChI is InChI=1S/C15H24O/c1-10-4-5-13-14(3,9-16)11(2)12-6-7-15(10,13)8-12/h10,12-13,16H,2,4-9H2,1,3H3/t10-,12+,13?,14?,15-/m0/s1. The molecule has 16 heavy (non-hydrogen) atoms. The van der Waals surface area contributed by atoms with Crippen molar-refractivity contribution in [2.75, 3.05) is 6.61 Å². The Morgan fingerprint density at radius 3 is 2.81 bits per heavy atom. The minimum atomic E-state index is 0.0180. The summed E-state index contributed by atoms with van der Waals surface area (Å²) in [5.74, 6) is 2.27. The molecule has 3 fully saturated rings. The second-order valence-electron chi connectivity index (χ2n) is 6.80. The fraction of sp³-hybridized carbons (Fsp3) is 0.867. The Balaban J connectivity index is 2.08. The van der Waals surface area contributed by atoms with E-state index in [1.807, 2.05) is 0 Å². The van der Waals surface area contributed by atoms with Gasteiger partial charge in [0.25, 0.3) is 0 Å². The molecule has 2 bridgehead atoms. The molecule has 0 aliphatic heterocycles. The van der Waals surface area contributed by atoms with Crippen molar-refractivity contribution in [3.05, 3.63) is 12.2 Å². The van der Waals surface area contributed by atoms with E-state index in [1.54, 1.807) is 0 Å². The van der Waals surface area contributed by atoms with E-state index in [9.17, 15) is 5.11 Å². The lowest BCUT2D eigenvalue weighted by Gasteiger charge is -2.51. The SMILES string of the molecule is C=C1[C@@H]2CC[C@@]3(C2)C(CC[C@@H]3C)C1(C)CO. The van der Waals surface area contributed by atoms with Gasteiger partial charge in [0, 0.05) is 5.41 Å². The van der Waals surface area contributed by atoms with Gasteiger partial charge in [-0.15, -0.1) is 0 Å². The molecule has 1 heteroatoms. The summed E-state index contributed by atoms with van der Waals surface area (Å²) in [4.78, 5) is 0. The smallest absolute Gasteiger partial charge is 0.0524 e. The molecule has 3 rings (SSSR count). The first-order valence-electron chi connectivity index (χ1n) is 6.85. The molecule has 0 heterocycles. The molecule has 2 unspecified atom stereocenters. The average molecular weight is 220 g/mol. The quantitative estimate of drug-likeness (QED) is 0.672. The molecule has 0 saturated heterocycles. The first-order chi connectivity index (χ1) is 7.54. The van der Waals surface area contributed by atoms with Gasteiger partial charge in [-0.05, 0) is 55.3 Å². The lowest BCUT2D eigenvalue weighted by atomic mass is 9.54. The van der Waals surface area contributed by atoms with Crippen LogP contribution in [0, 0.1) is 28.6 Å². The molecule has 3 aliphatic rings. The highest BCUT2D eigenvalue weighted by atomic mass is 16.3. The van der Waals surface area contributed by atoms with Crippen molar-refractivity contribution < 1.29 is 5.11 Å². The van der Waals surface area contributed by atoms with E-state index >= 15 is 0 Å². The normalized spacial score (nSPS) is 55.4. The van der Waals surface area contributed by atoms with E-state index in [2.05, 4.69) is 20.4 Å². The Labute approximate surface area is 98.9 Å². The molecule has 0 aromatic rings. The van der Waals surface area contributed by atoms with Crippen LogP contribution in [0.2, 0.25) is 0 Å². The molecule has 3 aliphatic carbocycles. The van der Waals surface area contributed by atoms with Gasteiger partial charge >= 0.3 is 0 Å². The molecule has 0 radical (unpaired) electrons. The largest absolute Gasteiger partial charge is 0.395 e. The topological polar surface area (TPSA) is 20.2 Å². The van der Waals surface area contributed by atoms with E-state index in [-0.39, 0.29) is 5.41 Å². The van der Waals surface area contributed by atoms with E-state index in [0.29, 0.717) is 23.9 Å². The Morgan fingerprint density at radius 2 is 2.12 bits per heavy atom. The summed E-state index contributed by atoms with van der Waals surface area (Å²) in [7, 11) is 0. The Kier molecular flexibility index (Phi) is 2.12. The fourth-order valence-corrected chi connectivity index (χ4v) is 5.36. The Hall–Kier alpha value is -0.300. The molecule has 1 N–H and O–H groups in total. The zero-order valence-electron chi connectivity index (χ0n) is 10.6. The average Bonchev–Trinajstić information content (AvgIpc) is 2.83. The molecular weight excluding hydrogens is 196 g/mol. The van der Waals surface area contributed by atoms with Crippen LogP contribution in [-0.4, -0.2) is 11.7 Å². The lowest BCUT2D eigenvalue weighted by molar-refractivity contribution is -0.00301. The minimum Gasteiger partial charge on any atom is -0.395 e. The summed E-state index contributed by atoms with van der Waals surface area (Å²) >= 11 is 0. The van der Waals surface area contributed by atoms with Crippen LogP contribution in [0.15, 0.2) is 12.2 Å². The van der Waals surface area contributed by atoms with Crippen molar-refractivity contribution in [3.63, 3.8) is 0 Å². The molecule has 1 nitrogen and oxygen atoms in total. The van der Waals surface area contributed by atoms with Gasteiger partial charge in [-0.25, -0.2) is 0 Å². The van der Waals surface area contributed by atoms with Crippen LogP contribution in [-0.2, 0) is 0 Å². The van der Waals surface area contributed by atoms with Gasteiger partial charge in [-0.1, -0.05) is 26.0 Å². The van der Waals surface area contributed by atoms with Crippen molar-refractivity contribution >= 4 is 0 Å². The predicted molar refractivity (Wildman–Crippen MR) is 66.0 cm³/mol. The zero-order valence-corrected chi connectivity index (χ0v) is 10.6. The highest BCUT2D eigenvalue weighted by Crippen LogP contribution is 2.70. The number of hydrogen-bond acceptors (Lipinski definition) is 1. The summed E-state index contributed by atoms with van der Waals surface area (Å²) in [6.45, 7) is 9.35. The maximum Gasteiger partial charge on any atom is 0.0524 e. The number of hydrogen-bond donors (Lipinski definition) is 1. The molecule has 1 spiro atoms. The minimum absolute atomic E-state index is 0.0180. The maximum atomic E-state index is 9.85. The van der Waals surface area contributed by atoms with E-state index < -0.39 is 0 Å². The number of fused-ring (bicyclic) bond motifs is 1. The summed E-state index contributed by atoms with van der Waals surface area (Å²) in [6.07, 6.45) is 6.75. The summed E-state index contributed by atoms with van der Waals surface area (Å²) in [5, 5.41) is 9.85. The fourth-order valence-electron chi connectivity index (χ4n) is 5.36. The van der Waals surface area contributed by atoms with E-state index in [4.69, 9.17) is 0 Å². The number of aliphatic hydroxyl groups excluding tert-OH is 1. The number of aliphatic hydroxyl groups is 1. The zero-order chi connectivity index (χ0) is 11.6. The molecule has 0 aromatic heterocycles. The third-order valence-electron chi connectivity index (χ3n) is 6.47. The van der Waals surface area contributed by atoms with Crippen molar-refractivity contribution in [1.82, 2.24) is 0 Å². The van der Waals surface area contributed by atoms with Crippen LogP contribution in [0.5, 0.6) is 0 Å². The van der Waals surface area contributed by atoms with Crippen LogP contribution >= 0.6 is 0 Å². The second-order valence-corrected chi connectivity index (χ2v) is 6.80. The first-order valence-corrected chi connectivity index (χ1v) is 6.85. The third-order valence-corrected chi connectivity index (χ3v) is 6.47. The monoisotopic (exact) mass is 220 g/mol. The van der Waals surface area contributed by atoms with Gasteiger partial charge in [0.15, 0.2) is 0 Å². The Morgan fingerprint density at radius 1 is 1.38 bits per heavy atom. The van der Waals surface area contributed by atoms with E-state index in [0.717, 1.165) is 5.92 Å².